The second-order valence-corrected chi connectivity index (χ2v) is 9.60. The SMILES string of the molecule is COCCOCOC(=O)c1coc2ccc(Oc3ccncc3C(=O)N3CCN(C4CC4)c4ccccc43)cc12. The van der Waals surface area contributed by atoms with Crippen molar-refractivity contribution in [3.8, 4) is 11.5 Å². The molecular weight excluding hydrogens is 514 g/mol. The van der Waals surface area contributed by atoms with Gasteiger partial charge in [0.15, 0.2) is 6.79 Å². The van der Waals surface area contributed by atoms with Gasteiger partial charge in [0.05, 0.1) is 24.6 Å². The number of benzene rings is 2. The molecule has 2 aromatic heterocycles. The summed E-state index contributed by atoms with van der Waals surface area (Å²) in [5.41, 5.74) is 3.04. The van der Waals surface area contributed by atoms with Gasteiger partial charge in [-0.3, -0.25) is 9.78 Å². The number of ether oxygens (including phenoxy) is 4. The standard InChI is InChI=1S/C30H29N3O7/c1-36-14-15-37-19-39-30(35)24-18-38-27-9-8-21(16-22(24)27)40-28-10-11-31-17-23(28)29(34)33-13-12-32(20-6-7-20)25-4-2-3-5-26(25)33/h2-5,8-11,16-18,20H,6-7,12-15,19H2,1H3. The Hall–Kier alpha value is -4.41. The van der Waals surface area contributed by atoms with E-state index in [0.29, 0.717) is 53.8 Å². The van der Waals surface area contributed by atoms with Crippen LogP contribution in [0.25, 0.3) is 11.0 Å². The van der Waals surface area contributed by atoms with E-state index in [9.17, 15) is 9.59 Å². The highest BCUT2D eigenvalue weighted by atomic mass is 16.7. The molecule has 1 amide bonds. The molecule has 2 aromatic carbocycles. The predicted octanol–water partition coefficient (Wildman–Crippen LogP) is 5.03. The van der Waals surface area contributed by atoms with Gasteiger partial charge in [-0.1, -0.05) is 12.1 Å². The van der Waals surface area contributed by atoms with Crippen molar-refractivity contribution in [1.82, 2.24) is 4.98 Å². The first kappa shape index (κ1) is 25.8. The Morgan fingerprint density at radius 2 is 1.88 bits per heavy atom. The quantitative estimate of drug-likeness (QED) is 0.155. The number of furan rings is 1. The number of amides is 1. The van der Waals surface area contributed by atoms with E-state index in [1.807, 2.05) is 18.2 Å². The zero-order chi connectivity index (χ0) is 27.5. The monoisotopic (exact) mass is 543 g/mol. The van der Waals surface area contributed by atoms with Gasteiger partial charge in [0.1, 0.15) is 34.5 Å². The van der Waals surface area contributed by atoms with Crippen LogP contribution in [0.4, 0.5) is 11.4 Å². The number of fused-ring (bicyclic) bond motifs is 2. The summed E-state index contributed by atoms with van der Waals surface area (Å²) in [6.07, 6.45) is 6.81. The van der Waals surface area contributed by atoms with Crippen LogP contribution >= 0.6 is 0 Å². The Morgan fingerprint density at radius 1 is 1.02 bits per heavy atom. The molecule has 1 aliphatic heterocycles. The molecule has 0 unspecified atom stereocenters. The van der Waals surface area contributed by atoms with Crippen molar-refractivity contribution in [3.63, 3.8) is 0 Å². The molecule has 0 saturated heterocycles. The third-order valence-corrected chi connectivity index (χ3v) is 6.99. The summed E-state index contributed by atoms with van der Waals surface area (Å²) in [6.45, 7) is 1.85. The number of carbonyl (C=O) groups excluding carboxylic acids is 2. The van der Waals surface area contributed by atoms with Crippen molar-refractivity contribution in [3.05, 3.63) is 78.3 Å². The molecule has 10 heteroatoms. The van der Waals surface area contributed by atoms with E-state index in [1.165, 1.54) is 25.3 Å². The first-order valence-corrected chi connectivity index (χ1v) is 13.2. The van der Waals surface area contributed by atoms with Crippen LogP contribution in [-0.2, 0) is 14.2 Å². The predicted molar refractivity (Wildman–Crippen MR) is 147 cm³/mol. The van der Waals surface area contributed by atoms with Crippen molar-refractivity contribution in [2.45, 2.75) is 18.9 Å². The number of para-hydroxylation sites is 2. The first-order valence-electron chi connectivity index (χ1n) is 13.2. The molecule has 0 radical (unpaired) electrons. The van der Waals surface area contributed by atoms with Crippen LogP contribution in [0.3, 0.4) is 0 Å². The molecule has 0 N–H and O–H groups in total. The summed E-state index contributed by atoms with van der Waals surface area (Å²) in [5.74, 6) is 0.0179. The van der Waals surface area contributed by atoms with Crippen molar-refractivity contribution in [1.29, 1.82) is 0 Å². The highest BCUT2D eigenvalue weighted by Crippen LogP contribution is 2.41. The zero-order valence-corrected chi connectivity index (χ0v) is 22.1. The number of pyridine rings is 1. The lowest BCUT2D eigenvalue weighted by molar-refractivity contribution is -0.0435. The van der Waals surface area contributed by atoms with Crippen molar-refractivity contribution < 1.29 is 33.0 Å². The lowest BCUT2D eigenvalue weighted by atomic mass is 10.1. The summed E-state index contributed by atoms with van der Waals surface area (Å²) in [4.78, 5) is 34.8. The Balaban J connectivity index is 1.22. The van der Waals surface area contributed by atoms with Crippen molar-refractivity contribution in [2.24, 2.45) is 0 Å². The summed E-state index contributed by atoms with van der Waals surface area (Å²) in [7, 11) is 1.56. The van der Waals surface area contributed by atoms with E-state index in [0.717, 1.165) is 17.9 Å². The Morgan fingerprint density at radius 3 is 2.70 bits per heavy atom. The Kier molecular flexibility index (Phi) is 7.35. The van der Waals surface area contributed by atoms with Gasteiger partial charge in [0.25, 0.3) is 5.91 Å². The lowest BCUT2D eigenvalue weighted by Gasteiger charge is -2.38. The third kappa shape index (κ3) is 5.23. The van der Waals surface area contributed by atoms with Crippen LogP contribution in [0.5, 0.6) is 11.5 Å². The third-order valence-electron chi connectivity index (χ3n) is 6.99. The molecule has 0 bridgehead atoms. The van der Waals surface area contributed by atoms with Gasteiger partial charge in [-0.25, -0.2) is 4.79 Å². The molecule has 0 spiro atoms. The molecule has 1 aliphatic carbocycles. The van der Waals surface area contributed by atoms with E-state index >= 15 is 0 Å². The molecule has 206 valence electrons. The summed E-state index contributed by atoms with van der Waals surface area (Å²) < 4.78 is 27.0. The maximum absolute atomic E-state index is 13.8. The molecule has 10 nitrogen and oxygen atoms in total. The summed E-state index contributed by atoms with van der Waals surface area (Å²) in [5, 5.41) is 0.520. The number of hydrogen-bond acceptors (Lipinski definition) is 9. The number of methoxy groups -OCH3 is 1. The lowest BCUT2D eigenvalue weighted by Crippen LogP contribution is -2.45. The van der Waals surface area contributed by atoms with E-state index in [2.05, 4.69) is 16.0 Å². The van der Waals surface area contributed by atoms with Gasteiger partial charge < -0.3 is 33.2 Å². The molecule has 1 saturated carbocycles. The fraction of sp³-hybridized carbons (Fsp3) is 0.300. The van der Waals surface area contributed by atoms with Crippen molar-refractivity contribution >= 4 is 34.2 Å². The van der Waals surface area contributed by atoms with Crippen molar-refractivity contribution in [2.75, 3.05) is 50.0 Å². The van der Waals surface area contributed by atoms with Gasteiger partial charge in [-0.2, -0.15) is 0 Å². The van der Waals surface area contributed by atoms with E-state index in [4.69, 9.17) is 23.4 Å². The van der Waals surface area contributed by atoms with Crippen LogP contribution in [0.15, 0.2) is 71.6 Å². The molecule has 6 rings (SSSR count). The maximum Gasteiger partial charge on any atom is 0.344 e. The Bertz CT molecular complexity index is 1530. The number of nitrogens with zero attached hydrogens (tertiary/aromatic N) is 3. The summed E-state index contributed by atoms with van der Waals surface area (Å²) >= 11 is 0. The van der Waals surface area contributed by atoms with Gasteiger partial charge in [-0.15, -0.1) is 0 Å². The number of carbonyl (C=O) groups is 2. The second-order valence-electron chi connectivity index (χ2n) is 9.60. The van der Waals surface area contributed by atoms with Gasteiger partial charge in [-0.05, 0) is 49.2 Å². The second kappa shape index (κ2) is 11.4. The number of aromatic nitrogens is 1. The average molecular weight is 544 g/mol. The summed E-state index contributed by atoms with van der Waals surface area (Å²) in [6, 6.07) is 15.3. The minimum atomic E-state index is -0.586. The minimum Gasteiger partial charge on any atom is -0.463 e. The number of rotatable bonds is 10. The van der Waals surface area contributed by atoms with Gasteiger partial charge >= 0.3 is 5.97 Å². The van der Waals surface area contributed by atoms with Crippen LogP contribution in [0, 0.1) is 0 Å². The maximum atomic E-state index is 13.8. The Labute approximate surface area is 231 Å². The number of anilines is 2. The topological polar surface area (TPSA) is 104 Å². The van der Waals surface area contributed by atoms with E-state index < -0.39 is 5.97 Å². The number of hydrogen-bond donors (Lipinski definition) is 0. The fourth-order valence-corrected chi connectivity index (χ4v) is 4.87. The molecule has 0 atom stereocenters. The molecule has 1 fully saturated rings. The first-order chi connectivity index (χ1) is 19.6. The zero-order valence-electron chi connectivity index (χ0n) is 22.1. The average Bonchev–Trinajstić information content (AvgIpc) is 3.75. The molecule has 2 aliphatic rings. The van der Waals surface area contributed by atoms with Crippen LogP contribution in [0.1, 0.15) is 33.6 Å². The molecular formula is C30H29N3O7. The minimum absolute atomic E-state index is 0.187. The van der Waals surface area contributed by atoms with Crippen LogP contribution < -0.4 is 14.5 Å². The molecule has 3 heterocycles. The smallest absolute Gasteiger partial charge is 0.344 e. The largest absolute Gasteiger partial charge is 0.463 e. The highest BCUT2D eigenvalue weighted by Gasteiger charge is 2.36. The van der Waals surface area contributed by atoms with E-state index in [1.54, 1.807) is 42.5 Å². The van der Waals surface area contributed by atoms with Gasteiger partial charge in [0, 0.05) is 44.0 Å². The molecule has 4 aromatic rings. The van der Waals surface area contributed by atoms with Crippen LogP contribution in [0.2, 0.25) is 0 Å². The van der Waals surface area contributed by atoms with Crippen LogP contribution in [-0.4, -0.2) is 63.1 Å². The van der Waals surface area contributed by atoms with E-state index in [-0.39, 0.29) is 18.3 Å². The number of esters is 1. The highest BCUT2D eigenvalue weighted by molar-refractivity contribution is 6.10. The fourth-order valence-electron chi connectivity index (χ4n) is 4.87. The van der Waals surface area contributed by atoms with Gasteiger partial charge in [0.2, 0.25) is 0 Å². The normalized spacial score (nSPS) is 14.7. The molecule has 40 heavy (non-hydrogen) atoms.